The molecule has 26 heavy (non-hydrogen) atoms. The highest BCUT2D eigenvalue weighted by Gasteiger charge is 2.13. The quantitative estimate of drug-likeness (QED) is 0.564. The molecule has 0 atom stereocenters. The first-order chi connectivity index (χ1) is 12.6. The van der Waals surface area contributed by atoms with Gasteiger partial charge >= 0.3 is 0 Å². The third-order valence-corrected chi connectivity index (χ3v) is 5.36. The van der Waals surface area contributed by atoms with Crippen molar-refractivity contribution in [3.05, 3.63) is 63.4 Å². The molecule has 1 heterocycles. The number of nitrogens with one attached hydrogen (secondary N) is 1. The zero-order valence-electron chi connectivity index (χ0n) is 14.6. The molecule has 0 aliphatic rings. The first kappa shape index (κ1) is 18.6. The van der Waals surface area contributed by atoms with Crippen LogP contribution in [0.3, 0.4) is 0 Å². The van der Waals surface area contributed by atoms with E-state index in [1.807, 2.05) is 55.5 Å². The molecule has 1 N–H and O–H groups in total. The number of aromatic nitrogens is 1. The summed E-state index contributed by atoms with van der Waals surface area (Å²) in [6, 6.07) is 15.8. The fourth-order valence-electron chi connectivity index (χ4n) is 2.49. The molecule has 0 saturated carbocycles. The van der Waals surface area contributed by atoms with Crippen LogP contribution in [0, 0.1) is 6.92 Å². The average Bonchev–Trinajstić information content (AvgIpc) is 3.01. The molecule has 0 radical (unpaired) electrons. The third-order valence-electron chi connectivity index (χ3n) is 3.85. The highest BCUT2D eigenvalue weighted by atomic mass is 79.9. The Hall–Kier alpha value is -2.18. The molecule has 0 bridgehead atoms. The number of nitrogens with zero attached hydrogens (tertiary/aromatic N) is 1. The van der Waals surface area contributed by atoms with E-state index in [1.165, 1.54) is 16.9 Å². The Balaban J connectivity index is 1.62. The highest BCUT2D eigenvalue weighted by Crippen LogP contribution is 2.30. The lowest BCUT2D eigenvalue weighted by Crippen LogP contribution is -2.20. The van der Waals surface area contributed by atoms with Crippen molar-refractivity contribution < 1.29 is 9.53 Å². The maximum absolute atomic E-state index is 12.2. The van der Waals surface area contributed by atoms with Crippen LogP contribution in [0.2, 0.25) is 0 Å². The number of carbonyl (C=O) groups excluding carboxylic acids is 1. The van der Waals surface area contributed by atoms with Crippen LogP contribution in [0.5, 0.6) is 5.75 Å². The van der Waals surface area contributed by atoms with E-state index < -0.39 is 0 Å². The number of halogens is 1. The second kappa shape index (κ2) is 8.47. The number of carbonyl (C=O) groups is 1. The molecule has 1 amide bonds. The molecule has 0 unspecified atom stereocenters. The summed E-state index contributed by atoms with van der Waals surface area (Å²) in [5.41, 5.74) is 3.14. The smallest absolute Gasteiger partial charge is 0.264 e. The van der Waals surface area contributed by atoms with Crippen molar-refractivity contribution in [3.63, 3.8) is 0 Å². The van der Waals surface area contributed by atoms with Crippen LogP contribution in [-0.2, 0) is 11.2 Å². The minimum atomic E-state index is -0.232. The predicted molar refractivity (Wildman–Crippen MR) is 110 cm³/mol. The van der Waals surface area contributed by atoms with Crippen molar-refractivity contribution in [2.24, 2.45) is 0 Å². The number of amides is 1. The molecule has 0 spiro atoms. The van der Waals surface area contributed by atoms with Gasteiger partial charge in [0.2, 0.25) is 0 Å². The minimum Gasteiger partial charge on any atom is -0.483 e. The lowest BCUT2D eigenvalue weighted by molar-refractivity contribution is -0.118. The molecule has 0 saturated heterocycles. The SMILES string of the molecule is CCc1ccc(OCC(=O)Nc2nc(-c3ccccc3)c(C)s2)c(Br)c1. The monoisotopic (exact) mass is 430 g/mol. The molecular formula is C20H19BrN2O2S. The summed E-state index contributed by atoms with van der Waals surface area (Å²) in [4.78, 5) is 17.8. The summed E-state index contributed by atoms with van der Waals surface area (Å²) in [5.74, 6) is 0.419. The molecule has 1 aromatic heterocycles. The Labute approximate surface area is 165 Å². The van der Waals surface area contributed by atoms with Gasteiger partial charge in [-0.1, -0.05) is 43.3 Å². The van der Waals surface area contributed by atoms with E-state index in [4.69, 9.17) is 4.74 Å². The number of thiazole rings is 1. The van der Waals surface area contributed by atoms with E-state index in [9.17, 15) is 4.79 Å². The molecule has 134 valence electrons. The Kier molecular flexibility index (Phi) is 6.06. The van der Waals surface area contributed by atoms with Crippen LogP contribution in [0.25, 0.3) is 11.3 Å². The number of anilines is 1. The topological polar surface area (TPSA) is 51.2 Å². The van der Waals surface area contributed by atoms with Crippen LogP contribution in [0.15, 0.2) is 53.0 Å². The number of hydrogen-bond donors (Lipinski definition) is 1. The molecule has 0 aliphatic heterocycles. The lowest BCUT2D eigenvalue weighted by Gasteiger charge is -2.09. The van der Waals surface area contributed by atoms with Gasteiger partial charge in [-0.15, -0.1) is 11.3 Å². The van der Waals surface area contributed by atoms with Crippen molar-refractivity contribution in [2.75, 3.05) is 11.9 Å². The summed E-state index contributed by atoms with van der Waals surface area (Å²) >= 11 is 4.94. The van der Waals surface area contributed by atoms with Crippen molar-refractivity contribution >= 4 is 38.3 Å². The maximum Gasteiger partial charge on any atom is 0.264 e. The van der Waals surface area contributed by atoms with E-state index in [0.717, 1.165) is 27.0 Å². The predicted octanol–water partition coefficient (Wildman–Crippen LogP) is 5.46. The Morgan fingerprint density at radius 2 is 2.00 bits per heavy atom. The minimum absolute atomic E-state index is 0.0661. The molecule has 3 rings (SSSR count). The van der Waals surface area contributed by atoms with Crippen LogP contribution < -0.4 is 10.1 Å². The summed E-state index contributed by atoms with van der Waals surface area (Å²) in [7, 11) is 0. The number of aryl methyl sites for hydroxylation is 2. The number of benzene rings is 2. The van der Waals surface area contributed by atoms with E-state index in [-0.39, 0.29) is 12.5 Å². The van der Waals surface area contributed by atoms with Gasteiger partial charge in [-0.25, -0.2) is 4.98 Å². The summed E-state index contributed by atoms with van der Waals surface area (Å²) in [6.45, 7) is 4.03. The van der Waals surface area contributed by atoms with Gasteiger partial charge in [0.25, 0.3) is 5.91 Å². The van der Waals surface area contributed by atoms with E-state index in [0.29, 0.717) is 10.9 Å². The van der Waals surface area contributed by atoms with Crippen LogP contribution in [0.4, 0.5) is 5.13 Å². The molecule has 3 aromatic rings. The third kappa shape index (κ3) is 4.51. The highest BCUT2D eigenvalue weighted by molar-refractivity contribution is 9.10. The van der Waals surface area contributed by atoms with Gasteiger partial charge in [0.05, 0.1) is 10.2 Å². The Bertz CT molecular complexity index is 909. The summed E-state index contributed by atoms with van der Waals surface area (Å²) in [6.07, 6.45) is 0.951. The van der Waals surface area contributed by atoms with Crippen molar-refractivity contribution in [1.29, 1.82) is 0 Å². The second-order valence-corrected chi connectivity index (χ2v) is 7.80. The number of rotatable bonds is 6. The molecule has 0 aliphatic carbocycles. The van der Waals surface area contributed by atoms with Crippen molar-refractivity contribution in [2.45, 2.75) is 20.3 Å². The van der Waals surface area contributed by atoms with Gasteiger partial charge < -0.3 is 4.74 Å². The van der Waals surface area contributed by atoms with Gasteiger partial charge in [-0.05, 0) is 47.0 Å². The first-order valence-electron chi connectivity index (χ1n) is 8.30. The fraction of sp³-hybridized carbons (Fsp3) is 0.200. The Morgan fingerprint density at radius 1 is 1.23 bits per heavy atom. The van der Waals surface area contributed by atoms with Gasteiger partial charge in [0.1, 0.15) is 5.75 Å². The molecule has 2 aromatic carbocycles. The molecule has 4 nitrogen and oxygen atoms in total. The van der Waals surface area contributed by atoms with Crippen LogP contribution in [-0.4, -0.2) is 17.5 Å². The number of hydrogen-bond acceptors (Lipinski definition) is 4. The largest absolute Gasteiger partial charge is 0.483 e. The zero-order valence-corrected chi connectivity index (χ0v) is 17.0. The first-order valence-corrected chi connectivity index (χ1v) is 9.91. The normalized spacial score (nSPS) is 10.6. The van der Waals surface area contributed by atoms with E-state index in [1.54, 1.807) is 0 Å². The molecule has 6 heteroatoms. The summed E-state index contributed by atoms with van der Waals surface area (Å²) in [5, 5.41) is 3.39. The lowest BCUT2D eigenvalue weighted by atomic mass is 10.1. The second-order valence-electron chi connectivity index (χ2n) is 5.75. The van der Waals surface area contributed by atoms with Crippen LogP contribution in [0.1, 0.15) is 17.4 Å². The molecular weight excluding hydrogens is 412 g/mol. The van der Waals surface area contributed by atoms with Crippen LogP contribution >= 0.6 is 27.3 Å². The number of ether oxygens (including phenoxy) is 1. The molecule has 0 fully saturated rings. The zero-order chi connectivity index (χ0) is 18.5. The van der Waals surface area contributed by atoms with Gasteiger partial charge in [-0.3, -0.25) is 10.1 Å². The standard InChI is InChI=1S/C20H19BrN2O2S/c1-3-14-9-10-17(16(21)11-14)25-12-18(24)22-20-23-19(13(2)26-20)15-7-5-4-6-8-15/h4-11H,3,12H2,1-2H3,(H,22,23,24). The average molecular weight is 431 g/mol. The van der Waals surface area contributed by atoms with Gasteiger partial charge in [-0.2, -0.15) is 0 Å². The van der Waals surface area contributed by atoms with Crippen molar-refractivity contribution in [1.82, 2.24) is 4.98 Å². The van der Waals surface area contributed by atoms with Gasteiger partial charge in [0.15, 0.2) is 11.7 Å². The Morgan fingerprint density at radius 3 is 2.69 bits per heavy atom. The van der Waals surface area contributed by atoms with E-state index >= 15 is 0 Å². The summed E-state index contributed by atoms with van der Waals surface area (Å²) < 4.78 is 6.46. The van der Waals surface area contributed by atoms with Gasteiger partial charge in [0, 0.05) is 10.4 Å². The fourth-order valence-corrected chi connectivity index (χ4v) is 3.89. The van der Waals surface area contributed by atoms with Crippen molar-refractivity contribution in [3.8, 4) is 17.0 Å². The van der Waals surface area contributed by atoms with E-state index in [2.05, 4.69) is 33.2 Å². The maximum atomic E-state index is 12.2.